The average Bonchev–Trinajstić information content (AvgIpc) is 2.57. The Balaban J connectivity index is 2.68. The quantitative estimate of drug-likeness (QED) is 0.752. The first kappa shape index (κ1) is 9.86. The van der Waals surface area contributed by atoms with Crippen LogP contribution < -0.4 is 0 Å². The molecule has 15 heavy (non-hydrogen) atoms. The van der Waals surface area contributed by atoms with Gasteiger partial charge in [-0.2, -0.15) is 0 Å². The smallest absolute Gasteiger partial charge is 0.170 e. The molecule has 4 nitrogen and oxygen atoms in total. The zero-order valence-corrected chi connectivity index (χ0v) is 8.64. The number of aliphatic hydroxyl groups is 1. The highest BCUT2D eigenvalue weighted by molar-refractivity contribution is 5.83. The van der Waals surface area contributed by atoms with Gasteiger partial charge in [0.15, 0.2) is 6.29 Å². The fraction of sp³-hybridized carbons (Fsp3) is 0.273. The lowest BCUT2D eigenvalue weighted by Crippen LogP contribution is -2.15. The van der Waals surface area contributed by atoms with Gasteiger partial charge in [0.05, 0.1) is 11.1 Å². The maximum absolute atomic E-state index is 10.7. The number of aromatic nitrogens is 2. The molecule has 0 aliphatic rings. The van der Waals surface area contributed by atoms with Crippen LogP contribution in [0.5, 0.6) is 0 Å². The summed E-state index contributed by atoms with van der Waals surface area (Å²) in [5, 5.41) is 9.83. The van der Waals surface area contributed by atoms with E-state index >= 15 is 0 Å². The summed E-state index contributed by atoms with van der Waals surface area (Å²) in [5.41, 5.74) is 0.955. The SMILES string of the molecule is CC(C)(O)c1ccn2cnc(C=O)c2c1. The van der Waals surface area contributed by atoms with Crippen molar-refractivity contribution in [3.63, 3.8) is 0 Å². The summed E-state index contributed by atoms with van der Waals surface area (Å²) in [7, 11) is 0. The minimum atomic E-state index is -0.911. The molecule has 2 rings (SSSR count). The minimum absolute atomic E-state index is 0.390. The maximum atomic E-state index is 10.7. The van der Waals surface area contributed by atoms with Gasteiger partial charge < -0.3 is 9.51 Å². The van der Waals surface area contributed by atoms with Crippen molar-refractivity contribution in [2.45, 2.75) is 19.4 Å². The Labute approximate surface area is 87.2 Å². The molecule has 2 aromatic heterocycles. The molecule has 0 aliphatic carbocycles. The Morgan fingerprint density at radius 1 is 1.53 bits per heavy atom. The first-order valence-electron chi connectivity index (χ1n) is 4.67. The van der Waals surface area contributed by atoms with Gasteiger partial charge in [-0.1, -0.05) is 0 Å². The molecule has 0 spiro atoms. The van der Waals surface area contributed by atoms with E-state index in [1.165, 1.54) is 0 Å². The van der Waals surface area contributed by atoms with E-state index in [1.54, 1.807) is 36.8 Å². The highest BCUT2D eigenvalue weighted by atomic mass is 16.3. The molecule has 0 radical (unpaired) electrons. The summed E-state index contributed by atoms with van der Waals surface area (Å²) in [6.45, 7) is 3.41. The van der Waals surface area contributed by atoms with Gasteiger partial charge in [0.2, 0.25) is 0 Å². The summed E-state index contributed by atoms with van der Waals surface area (Å²) in [6, 6.07) is 3.58. The number of nitrogens with zero attached hydrogens (tertiary/aromatic N) is 2. The number of carbonyl (C=O) groups excluding carboxylic acids is 1. The Morgan fingerprint density at radius 2 is 2.27 bits per heavy atom. The zero-order valence-electron chi connectivity index (χ0n) is 8.64. The Hall–Kier alpha value is -1.68. The van der Waals surface area contributed by atoms with E-state index in [-0.39, 0.29) is 0 Å². The van der Waals surface area contributed by atoms with E-state index in [0.29, 0.717) is 17.5 Å². The normalized spacial score (nSPS) is 11.9. The largest absolute Gasteiger partial charge is 0.386 e. The van der Waals surface area contributed by atoms with Crippen molar-refractivity contribution < 1.29 is 9.90 Å². The van der Waals surface area contributed by atoms with E-state index in [9.17, 15) is 9.90 Å². The van der Waals surface area contributed by atoms with Crippen LogP contribution in [0.15, 0.2) is 24.7 Å². The summed E-state index contributed by atoms with van der Waals surface area (Å²) in [5.74, 6) is 0. The lowest BCUT2D eigenvalue weighted by Gasteiger charge is -2.17. The van der Waals surface area contributed by atoms with Gasteiger partial charge in [0.1, 0.15) is 12.0 Å². The molecule has 0 bridgehead atoms. The Kier molecular flexibility index (Phi) is 2.08. The van der Waals surface area contributed by atoms with Crippen molar-refractivity contribution in [2.75, 3.05) is 0 Å². The van der Waals surface area contributed by atoms with Crippen molar-refractivity contribution >= 4 is 11.8 Å². The van der Waals surface area contributed by atoms with Crippen molar-refractivity contribution in [2.24, 2.45) is 0 Å². The van der Waals surface area contributed by atoms with E-state index in [4.69, 9.17) is 0 Å². The predicted molar refractivity (Wildman–Crippen MR) is 55.8 cm³/mol. The number of aldehydes is 1. The molecule has 0 saturated heterocycles. The summed E-state index contributed by atoms with van der Waals surface area (Å²) < 4.78 is 1.75. The van der Waals surface area contributed by atoms with Gasteiger partial charge in [-0.05, 0) is 31.5 Å². The molecule has 1 N–H and O–H groups in total. The average molecular weight is 204 g/mol. The molecule has 0 amide bonds. The highest BCUT2D eigenvalue weighted by Crippen LogP contribution is 2.21. The summed E-state index contributed by atoms with van der Waals surface area (Å²) in [4.78, 5) is 14.7. The van der Waals surface area contributed by atoms with Crippen LogP contribution in [0.25, 0.3) is 5.52 Å². The first-order chi connectivity index (χ1) is 7.02. The van der Waals surface area contributed by atoms with Gasteiger partial charge in [0.25, 0.3) is 0 Å². The molecule has 78 valence electrons. The molecule has 0 saturated carbocycles. The van der Waals surface area contributed by atoms with Gasteiger partial charge in [-0.3, -0.25) is 4.79 Å². The van der Waals surface area contributed by atoms with Gasteiger partial charge in [0, 0.05) is 6.20 Å². The molecule has 0 atom stereocenters. The van der Waals surface area contributed by atoms with Crippen molar-refractivity contribution in [3.8, 4) is 0 Å². The van der Waals surface area contributed by atoms with Crippen LogP contribution in [0.2, 0.25) is 0 Å². The standard InChI is InChI=1S/C11H12N2O2/c1-11(2,15)8-3-4-13-7-12-9(6-14)10(13)5-8/h3-7,15H,1-2H3. The third-order valence-electron chi connectivity index (χ3n) is 2.39. The molecule has 4 heteroatoms. The van der Waals surface area contributed by atoms with E-state index in [2.05, 4.69) is 4.98 Å². The first-order valence-corrected chi connectivity index (χ1v) is 4.67. The van der Waals surface area contributed by atoms with Crippen LogP contribution in [-0.4, -0.2) is 20.8 Å². The van der Waals surface area contributed by atoms with Crippen LogP contribution in [0.1, 0.15) is 29.9 Å². The minimum Gasteiger partial charge on any atom is -0.386 e. The fourth-order valence-corrected chi connectivity index (χ4v) is 1.48. The lowest BCUT2D eigenvalue weighted by molar-refractivity contribution is 0.0786. The Bertz CT molecular complexity index is 509. The van der Waals surface area contributed by atoms with Crippen LogP contribution in [0.4, 0.5) is 0 Å². The second kappa shape index (κ2) is 3.17. The maximum Gasteiger partial charge on any atom is 0.170 e. The van der Waals surface area contributed by atoms with E-state index < -0.39 is 5.60 Å². The molecule has 2 heterocycles. The van der Waals surface area contributed by atoms with Crippen molar-refractivity contribution in [1.82, 2.24) is 9.38 Å². The second-order valence-corrected chi connectivity index (χ2v) is 4.01. The van der Waals surface area contributed by atoms with E-state index in [1.807, 2.05) is 6.07 Å². The highest BCUT2D eigenvalue weighted by Gasteiger charge is 2.17. The van der Waals surface area contributed by atoms with Gasteiger partial charge >= 0.3 is 0 Å². The predicted octanol–water partition coefficient (Wildman–Crippen LogP) is 1.37. The third kappa shape index (κ3) is 1.64. The van der Waals surface area contributed by atoms with Crippen LogP contribution in [-0.2, 0) is 5.60 Å². The third-order valence-corrected chi connectivity index (χ3v) is 2.39. The zero-order chi connectivity index (χ0) is 11.1. The van der Waals surface area contributed by atoms with Crippen molar-refractivity contribution in [1.29, 1.82) is 0 Å². The number of imidazole rings is 1. The summed E-state index contributed by atoms with van der Waals surface area (Å²) >= 11 is 0. The monoisotopic (exact) mass is 204 g/mol. The van der Waals surface area contributed by atoms with Crippen LogP contribution in [0, 0.1) is 0 Å². The second-order valence-electron chi connectivity index (χ2n) is 4.01. The molecule has 0 fully saturated rings. The number of hydrogen-bond donors (Lipinski definition) is 1. The summed E-state index contributed by atoms with van der Waals surface area (Å²) in [6.07, 6.45) is 4.07. The lowest BCUT2D eigenvalue weighted by atomic mass is 9.99. The molecule has 0 aromatic carbocycles. The molecule has 0 unspecified atom stereocenters. The number of hydrogen-bond acceptors (Lipinski definition) is 3. The van der Waals surface area contributed by atoms with Crippen molar-refractivity contribution in [3.05, 3.63) is 35.9 Å². The number of carbonyl (C=O) groups is 1. The van der Waals surface area contributed by atoms with E-state index in [0.717, 1.165) is 5.56 Å². The van der Waals surface area contributed by atoms with Gasteiger partial charge in [-0.25, -0.2) is 4.98 Å². The number of rotatable bonds is 2. The molecular formula is C11H12N2O2. The van der Waals surface area contributed by atoms with Gasteiger partial charge in [-0.15, -0.1) is 0 Å². The number of pyridine rings is 1. The molecule has 0 aliphatic heterocycles. The fourth-order valence-electron chi connectivity index (χ4n) is 1.48. The topological polar surface area (TPSA) is 54.6 Å². The molecular weight excluding hydrogens is 192 g/mol. The Morgan fingerprint density at radius 3 is 2.87 bits per heavy atom. The number of fused-ring (bicyclic) bond motifs is 1. The molecule has 2 aromatic rings. The van der Waals surface area contributed by atoms with Crippen LogP contribution >= 0.6 is 0 Å². The van der Waals surface area contributed by atoms with Crippen LogP contribution in [0.3, 0.4) is 0 Å².